The highest BCUT2D eigenvalue weighted by atomic mass is 32.2. The number of para-hydroxylation sites is 1. The van der Waals surface area contributed by atoms with Crippen LogP contribution in [0.5, 0.6) is 11.5 Å². The summed E-state index contributed by atoms with van der Waals surface area (Å²) in [4.78, 5) is 14.3. The van der Waals surface area contributed by atoms with Gasteiger partial charge in [0.05, 0.1) is 6.61 Å². The molecule has 1 atom stereocenters. The highest BCUT2D eigenvalue weighted by Crippen LogP contribution is 2.42. The molecule has 0 saturated carbocycles. The van der Waals surface area contributed by atoms with E-state index in [-0.39, 0.29) is 23.6 Å². The highest BCUT2D eigenvalue weighted by Gasteiger charge is 2.33. The summed E-state index contributed by atoms with van der Waals surface area (Å²) < 4.78 is 47.2. The van der Waals surface area contributed by atoms with Crippen molar-refractivity contribution in [3.05, 3.63) is 59.7 Å². The Labute approximate surface area is 165 Å². The van der Waals surface area contributed by atoms with E-state index in [2.05, 4.69) is 4.74 Å². The molecule has 4 nitrogen and oxygen atoms in total. The summed E-state index contributed by atoms with van der Waals surface area (Å²) in [5.41, 5.74) is 1.45. The molecule has 0 N–H and O–H groups in total. The van der Waals surface area contributed by atoms with Gasteiger partial charge in [-0.15, -0.1) is 24.9 Å². The lowest BCUT2D eigenvalue weighted by Crippen LogP contribution is -2.37. The summed E-state index contributed by atoms with van der Waals surface area (Å²) in [6.45, 7) is 2.57. The van der Waals surface area contributed by atoms with Gasteiger partial charge in [0, 0.05) is 24.3 Å². The Morgan fingerprint density at radius 3 is 2.71 bits per heavy atom. The third kappa shape index (κ3) is 5.13. The van der Waals surface area contributed by atoms with Gasteiger partial charge in [0.25, 0.3) is 0 Å². The van der Waals surface area contributed by atoms with Gasteiger partial charge in [0.2, 0.25) is 5.91 Å². The van der Waals surface area contributed by atoms with Crippen molar-refractivity contribution in [1.29, 1.82) is 0 Å². The van der Waals surface area contributed by atoms with Gasteiger partial charge in [0.1, 0.15) is 16.9 Å². The topological polar surface area (TPSA) is 38.8 Å². The van der Waals surface area contributed by atoms with E-state index in [1.165, 1.54) is 18.2 Å². The van der Waals surface area contributed by atoms with Gasteiger partial charge < -0.3 is 14.4 Å². The zero-order chi connectivity index (χ0) is 20.1. The summed E-state index contributed by atoms with van der Waals surface area (Å²) in [7, 11) is 0. The average molecular weight is 411 g/mol. The van der Waals surface area contributed by atoms with Crippen LogP contribution < -0.4 is 9.47 Å². The number of halogens is 3. The molecule has 150 valence electrons. The molecule has 2 aromatic rings. The minimum Gasteiger partial charge on any atom is -0.493 e. The Morgan fingerprint density at radius 2 is 1.96 bits per heavy atom. The highest BCUT2D eigenvalue weighted by molar-refractivity contribution is 7.99. The molecule has 1 amide bonds. The number of nitrogens with zero attached hydrogens (tertiary/aromatic N) is 1. The van der Waals surface area contributed by atoms with Crippen LogP contribution in [0.15, 0.2) is 48.5 Å². The molecular weight excluding hydrogens is 391 g/mol. The minimum atomic E-state index is -4.76. The zero-order valence-electron chi connectivity index (χ0n) is 15.2. The zero-order valence-corrected chi connectivity index (χ0v) is 16.1. The quantitative estimate of drug-likeness (QED) is 0.659. The number of ether oxygens (including phenoxy) is 2. The number of hydrogen-bond donors (Lipinski definition) is 0. The van der Waals surface area contributed by atoms with E-state index in [1.54, 1.807) is 22.7 Å². The molecule has 0 aliphatic carbocycles. The molecule has 1 aliphatic rings. The molecular formula is C20H20F3NO3S. The van der Waals surface area contributed by atoms with E-state index in [0.29, 0.717) is 30.1 Å². The predicted molar refractivity (Wildman–Crippen MR) is 101 cm³/mol. The summed E-state index contributed by atoms with van der Waals surface area (Å²) in [5, 5.41) is -0.267. The molecule has 1 unspecified atom stereocenters. The summed E-state index contributed by atoms with van der Waals surface area (Å²) in [6, 6.07) is 13.2. The first-order valence-electron chi connectivity index (χ1n) is 8.85. The number of carbonyl (C=O) groups excluding carboxylic acids is 1. The first-order valence-corrected chi connectivity index (χ1v) is 9.89. The second kappa shape index (κ2) is 8.77. The summed E-state index contributed by atoms with van der Waals surface area (Å²) >= 11 is 1.62. The number of rotatable bonds is 6. The first-order chi connectivity index (χ1) is 13.4. The monoisotopic (exact) mass is 411 g/mol. The SMILES string of the molecule is CCOc1ccccc1C1SCCC(=O)N1Cc1cccc(OC(F)(F)F)c1. The molecule has 3 rings (SSSR count). The van der Waals surface area contributed by atoms with Crippen molar-refractivity contribution in [3.63, 3.8) is 0 Å². The van der Waals surface area contributed by atoms with Crippen molar-refractivity contribution in [2.75, 3.05) is 12.4 Å². The Balaban J connectivity index is 1.86. The fourth-order valence-corrected chi connectivity index (χ4v) is 4.32. The van der Waals surface area contributed by atoms with Crippen LogP contribution in [-0.2, 0) is 11.3 Å². The van der Waals surface area contributed by atoms with Crippen molar-refractivity contribution < 1.29 is 27.4 Å². The summed E-state index contributed by atoms with van der Waals surface area (Å²) in [5.74, 6) is 1.04. The molecule has 1 heterocycles. The Morgan fingerprint density at radius 1 is 1.18 bits per heavy atom. The average Bonchev–Trinajstić information content (AvgIpc) is 2.63. The predicted octanol–water partition coefficient (Wildman–Crippen LogP) is 5.15. The number of amides is 1. The lowest BCUT2D eigenvalue weighted by Gasteiger charge is -2.36. The van der Waals surface area contributed by atoms with Crippen LogP contribution in [0.3, 0.4) is 0 Å². The van der Waals surface area contributed by atoms with Crippen LogP contribution in [-0.4, -0.2) is 29.5 Å². The molecule has 0 aromatic heterocycles. The molecule has 1 aliphatic heterocycles. The van der Waals surface area contributed by atoms with Crippen molar-refractivity contribution in [2.45, 2.75) is 31.6 Å². The van der Waals surface area contributed by atoms with Crippen LogP contribution in [0.25, 0.3) is 0 Å². The lowest BCUT2D eigenvalue weighted by atomic mass is 10.1. The van der Waals surface area contributed by atoms with Crippen molar-refractivity contribution in [2.24, 2.45) is 0 Å². The maximum absolute atomic E-state index is 12.6. The maximum Gasteiger partial charge on any atom is 0.573 e. The number of alkyl halides is 3. The molecule has 0 spiro atoms. The number of hydrogen-bond acceptors (Lipinski definition) is 4. The van der Waals surface area contributed by atoms with Gasteiger partial charge in [-0.1, -0.05) is 30.3 Å². The molecule has 1 fully saturated rings. The minimum absolute atomic E-state index is 0.0443. The maximum atomic E-state index is 12.6. The van der Waals surface area contributed by atoms with Crippen molar-refractivity contribution in [1.82, 2.24) is 4.90 Å². The second-order valence-corrected chi connectivity index (χ2v) is 7.35. The first kappa shape index (κ1) is 20.4. The molecule has 1 saturated heterocycles. The number of benzene rings is 2. The van der Waals surface area contributed by atoms with E-state index in [9.17, 15) is 18.0 Å². The second-order valence-electron chi connectivity index (χ2n) is 6.16. The standard InChI is InChI=1S/C20H20F3NO3S/c1-2-26-17-9-4-3-8-16(17)19-24(18(25)10-11-28-19)13-14-6-5-7-15(12-14)27-20(21,22)23/h3-9,12,19H,2,10-11,13H2,1H3. The smallest absolute Gasteiger partial charge is 0.493 e. The fraction of sp³-hybridized carbons (Fsp3) is 0.350. The van der Waals surface area contributed by atoms with Gasteiger partial charge in [-0.25, -0.2) is 0 Å². The van der Waals surface area contributed by atoms with Gasteiger partial charge >= 0.3 is 6.36 Å². The van der Waals surface area contributed by atoms with E-state index in [1.807, 2.05) is 31.2 Å². The van der Waals surface area contributed by atoms with E-state index in [4.69, 9.17) is 4.74 Å². The Kier molecular flexibility index (Phi) is 6.39. The fourth-order valence-electron chi connectivity index (χ4n) is 3.06. The van der Waals surface area contributed by atoms with Crippen LogP contribution in [0, 0.1) is 0 Å². The van der Waals surface area contributed by atoms with Gasteiger partial charge in [-0.05, 0) is 30.7 Å². The number of carbonyl (C=O) groups is 1. The van der Waals surface area contributed by atoms with E-state index >= 15 is 0 Å². The summed E-state index contributed by atoms with van der Waals surface area (Å²) in [6.07, 6.45) is -4.37. The van der Waals surface area contributed by atoms with Crippen LogP contribution in [0.2, 0.25) is 0 Å². The van der Waals surface area contributed by atoms with Gasteiger partial charge in [0.15, 0.2) is 0 Å². The van der Waals surface area contributed by atoms with Crippen molar-refractivity contribution in [3.8, 4) is 11.5 Å². The van der Waals surface area contributed by atoms with Gasteiger partial charge in [-0.2, -0.15) is 0 Å². The third-order valence-corrected chi connectivity index (χ3v) is 5.43. The van der Waals surface area contributed by atoms with Crippen molar-refractivity contribution >= 4 is 17.7 Å². The number of thioether (sulfide) groups is 1. The Hall–Kier alpha value is -2.35. The normalized spacial score (nSPS) is 17.5. The van der Waals surface area contributed by atoms with E-state index < -0.39 is 6.36 Å². The molecule has 28 heavy (non-hydrogen) atoms. The Bertz CT molecular complexity index is 828. The van der Waals surface area contributed by atoms with Crippen LogP contribution in [0.4, 0.5) is 13.2 Å². The molecule has 0 radical (unpaired) electrons. The largest absolute Gasteiger partial charge is 0.573 e. The molecule has 8 heteroatoms. The van der Waals surface area contributed by atoms with E-state index in [0.717, 1.165) is 5.56 Å². The van der Waals surface area contributed by atoms with Gasteiger partial charge in [-0.3, -0.25) is 4.79 Å². The molecule has 0 bridgehead atoms. The molecule has 2 aromatic carbocycles. The third-order valence-electron chi connectivity index (χ3n) is 4.16. The lowest BCUT2D eigenvalue weighted by molar-refractivity contribution is -0.274. The van der Waals surface area contributed by atoms with Crippen LogP contribution in [0.1, 0.15) is 29.8 Å². The van der Waals surface area contributed by atoms with Crippen LogP contribution >= 0.6 is 11.8 Å².